The van der Waals surface area contributed by atoms with E-state index in [0.717, 1.165) is 0 Å². The van der Waals surface area contributed by atoms with Gasteiger partial charge in [0.2, 0.25) is 0 Å². The van der Waals surface area contributed by atoms with E-state index in [1.165, 1.54) is 16.2 Å². The van der Waals surface area contributed by atoms with Crippen molar-refractivity contribution < 1.29 is 5.03 Å². The molecule has 0 amide bonds. The van der Waals surface area contributed by atoms with E-state index in [9.17, 15) is 10.1 Å². The van der Waals surface area contributed by atoms with Crippen LogP contribution < -0.4 is 5.73 Å². The molecule has 0 fully saturated rings. The number of aromatic nitrogens is 1. The molecule has 2 N–H and O–H groups in total. The molecule has 1 aromatic heterocycles. The van der Waals surface area contributed by atoms with Crippen LogP contribution in [0.15, 0.2) is 10.5 Å². The first kappa shape index (κ1) is 11.7. The SMILES string of the molecule is CN(Cc1csc(Cl)n1)/C(N)=N/[N+](=O)[O-]. The van der Waals surface area contributed by atoms with Gasteiger partial charge in [-0.05, 0) is 0 Å². The van der Waals surface area contributed by atoms with E-state index < -0.39 is 5.03 Å². The highest BCUT2D eigenvalue weighted by Crippen LogP contribution is 2.15. The van der Waals surface area contributed by atoms with Crippen molar-refractivity contribution >= 4 is 28.9 Å². The molecular formula is C6H8ClN5O2S. The summed E-state index contributed by atoms with van der Waals surface area (Å²) in [5.41, 5.74) is 6.04. The average molecular weight is 250 g/mol. The predicted octanol–water partition coefficient (Wildman–Crippen LogP) is 0.735. The Bertz CT molecular complexity index is 393. The van der Waals surface area contributed by atoms with Crippen molar-refractivity contribution in [1.82, 2.24) is 9.88 Å². The van der Waals surface area contributed by atoms with Gasteiger partial charge in [-0.3, -0.25) is 0 Å². The monoisotopic (exact) mass is 249 g/mol. The van der Waals surface area contributed by atoms with Gasteiger partial charge in [-0.15, -0.1) is 11.3 Å². The molecule has 15 heavy (non-hydrogen) atoms. The number of nitrogens with two attached hydrogens (primary N) is 1. The molecule has 7 nitrogen and oxygen atoms in total. The second-order valence-electron chi connectivity index (χ2n) is 2.64. The minimum Gasteiger partial charge on any atom is -0.365 e. The van der Waals surface area contributed by atoms with Gasteiger partial charge < -0.3 is 10.6 Å². The number of thiazole rings is 1. The van der Waals surface area contributed by atoms with E-state index in [1.54, 1.807) is 12.4 Å². The van der Waals surface area contributed by atoms with Crippen molar-refractivity contribution in [1.29, 1.82) is 0 Å². The standard InChI is InChI=1S/C6H8ClN5O2S/c1-11(6(8)10-12(13)14)2-4-3-15-5(7)9-4/h3H,2H2,1H3,(H2,8,10). The third-order valence-electron chi connectivity index (χ3n) is 1.50. The van der Waals surface area contributed by atoms with Crippen LogP contribution in [0.5, 0.6) is 0 Å². The largest absolute Gasteiger partial charge is 0.365 e. The highest BCUT2D eigenvalue weighted by molar-refractivity contribution is 7.13. The molecule has 9 heteroatoms. The second kappa shape index (κ2) is 4.89. The van der Waals surface area contributed by atoms with Crippen LogP contribution in [0.4, 0.5) is 0 Å². The van der Waals surface area contributed by atoms with Crippen LogP contribution in [0.3, 0.4) is 0 Å². The smallest absolute Gasteiger partial charge is 0.268 e. The number of rotatable bonds is 3. The van der Waals surface area contributed by atoms with Crippen LogP contribution in [0.1, 0.15) is 5.69 Å². The fraction of sp³-hybridized carbons (Fsp3) is 0.333. The lowest BCUT2D eigenvalue weighted by Gasteiger charge is -2.13. The topological polar surface area (TPSA) is 97.7 Å². The summed E-state index contributed by atoms with van der Waals surface area (Å²) in [4.78, 5) is 15.4. The van der Waals surface area contributed by atoms with Crippen molar-refractivity contribution in [2.24, 2.45) is 10.8 Å². The Morgan fingerprint density at radius 3 is 3.07 bits per heavy atom. The van der Waals surface area contributed by atoms with Crippen molar-refractivity contribution in [2.75, 3.05) is 7.05 Å². The van der Waals surface area contributed by atoms with E-state index in [4.69, 9.17) is 17.3 Å². The molecule has 1 heterocycles. The maximum Gasteiger partial charge on any atom is 0.268 e. The molecule has 1 rings (SSSR count). The molecule has 0 radical (unpaired) electrons. The van der Waals surface area contributed by atoms with Crippen molar-refractivity contribution in [3.63, 3.8) is 0 Å². The van der Waals surface area contributed by atoms with Crippen LogP contribution in [0.25, 0.3) is 0 Å². The molecule has 1 aromatic rings. The summed E-state index contributed by atoms with van der Waals surface area (Å²) in [6.07, 6.45) is 0. The fourth-order valence-corrected chi connectivity index (χ4v) is 1.61. The Kier molecular flexibility index (Phi) is 3.81. The summed E-state index contributed by atoms with van der Waals surface area (Å²) in [5.74, 6) is -0.177. The molecule has 82 valence electrons. The van der Waals surface area contributed by atoms with E-state index in [-0.39, 0.29) is 5.96 Å². The molecule has 0 aliphatic heterocycles. The first-order valence-corrected chi connectivity index (χ1v) is 5.04. The van der Waals surface area contributed by atoms with Gasteiger partial charge in [0.1, 0.15) is 5.10 Å². The van der Waals surface area contributed by atoms with Gasteiger partial charge in [-0.2, -0.15) is 0 Å². The Labute approximate surface area is 94.3 Å². The van der Waals surface area contributed by atoms with Gasteiger partial charge in [-0.1, -0.05) is 11.6 Å². The molecule has 0 aliphatic rings. The third kappa shape index (κ3) is 3.68. The third-order valence-corrected chi connectivity index (χ3v) is 2.53. The normalized spacial score (nSPS) is 11.5. The molecule has 0 saturated carbocycles. The molecule has 0 unspecified atom stereocenters. The molecule has 0 spiro atoms. The summed E-state index contributed by atoms with van der Waals surface area (Å²) < 4.78 is 0.420. The molecule has 0 saturated heterocycles. The highest BCUT2D eigenvalue weighted by atomic mass is 35.5. The number of nitro groups is 1. The van der Waals surface area contributed by atoms with Gasteiger partial charge in [-0.25, -0.2) is 15.1 Å². The van der Waals surface area contributed by atoms with Crippen LogP contribution in [-0.2, 0) is 6.54 Å². The van der Waals surface area contributed by atoms with Crippen molar-refractivity contribution in [2.45, 2.75) is 6.54 Å². The number of nitrogens with zero attached hydrogens (tertiary/aromatic N) is 4. The summed E-state index contributed by atoms with van der Waals surface area (Å²) in [5, 5.41) is 13.9. The molecule has 0 bridgehead atoms. The summed E-state index contributed by atoms with van der Waals surface area (Å²) in [6.45, 7) is 0.326. The number of halogens is 1. The molecule has 0 atom stereocenters. The Hall–Kier alpha value is -1.41. The van der Waals surface area contributed by atoms with Crippen LogP contribution in [-0.4, -0.2) is 27.9 Å². The van der Waals surface area contributed by atoms with Crippen molar-refractivity contribution in [3.8, 4) is 0 Å². The zero-order chi connectivity index (χ0) is 11.4. The number of hydrogen-bond donors (Lipinski definition) is 1. The Morgan fingerprint density at radius 2 is 2.60 bits per heavy atom. The maximum absolute atomic E-state index is 10.0. The molecule has 0 aromatic carbocycles. The lowest BCUT2D eigenvalue weighted by molar-refractivity contribution is -0.485. The van der Waals surface area contributed by atoms with Crippen LogP contribution >= 0.6 is 22.9 Å². The van der Waals surface area contributed by atoms with Crippen molar-refractivity contribution in [3.05, 3.63) is 25.7 Å². The lowest BCUT2D eigenvalue weighted by Crippen LogP contribution is -2.34. The van der Waals surface area contributed by atoms with E-state index in [2.05, 4.69) is 10.1 Å². The zero-order valence-corrected chi connectivity index (χ0v) is 9.33. The molecular weight excluding hydrogens is 242 g/mol. The van der Waals surface area contributed by atoms with E-state index in [1.807, 2.05) is 0 Å². The van der Waals surface area contributed by atoms with Crippen LogP contribution in [0.2, 0.25) is 4.47 Å². The van der Waals surface area contributed by atoms with E-state index >= 15 is 0 Å². The summed E-state index contributed by atoms with van der Waals surface area (Å²) in [7, 11) is 1.58. The predicted molar refractivity (Wildman–Crippen MR) is 57.2 cm³/mol. The summed E-state index contributed by atoms with van der Waals surface area (Å²) in [6, 6.07) is 0. The fourth-order valence-electron chi connectivity index (χ4n) is 0.839. The van der Waals surface area contributed by atoms with Gasteiger partial charge >= 0.3 is 0 Å². The Morgan fingerprint density at radius 1 is 1.93 bits per heavy atom. The first-order chi connectivity index (χ1) is 6.99. The second-order valence-corrected chi connectivity index (χ2v) is 4.08. The quantitative estimate of drug-likeness (QED) is 0.369. The summed E-state index contributed by atoms with van der Waals surface area (Å²) >= 11 is 6.91. The number of guanidine groups is 1. The van der Waals surface area contributed by atoms with Gasteiger partial charge in [0.25, 0.3) is 5.96 Å². The van der Waals surface area contributed by atoms with Gasteiger partial charge in [0.05, 0.1) is 12.2 Å². The van der Waals surface area contributed by atoms with Gasteiger partial charge in [0.15, 0.2) is 9.50 Å². The van der Waals surface area contributed by atoms with Gasteiger partial charge in [0, 0.05) is 12.4 Å². The minimum atomic E-state index is -0.847. The highest BCUT2D eigenvalue weighted by Gasteiger charge is 2.09. The number of hydrazone groups is 1. The Balaban J connectivity index is 2.63. The average Bonchev–Trinajstić information content (AvgIpc) is 2.50. The number of hydrogen-bond acceptors (Lipinski definition) is 4. The molecule has 0 aliphatic carbocycles. The zero-order valence-electron chi connectivity index (χ0n) is 7.75. The minimum absolute atomic E-state index is 0.177. The maximum atomic E-state index is 10.0. The van der Waals surface area contributed by atoms with Crippen LogP contribution in [0, 0.1) is 10.1 Å². The van der Waals surface area contributed by atoms with E-state index in [0.29, 0.717) is 16.7 Å². The lowest BCUT2D eigenvalue weighted by atomic mass is 10.4. The first-order valence-electron chi connectivity index (χ1n) is 3.78.